The number of esters is 1. The molecule has 1 saturated heterocycles. The first-order valence-electron chi connectivity index (χ1n) is 10.4. The summed E-state index contributed by atoms with van der Waals surface area (Å²) in [4.78, 5) is 26.7. The van der Waals surface area contributed by atoms with E-state index in [0.717, 1.165) is 43.1 Å². The maximum Gasteiger partial charge on any atom is 0.361 e. The Morgan fingerprint density at radius 1 is 1.16 bits per heavy atom. The third-order valence-corrected chi connectivity index (χ3v) is 5.58. The lowest BCUT2D eigenvalue weighted by molar-refractivity contribution is 0.0467. The molecule has 0 amide bonds. The number of aryl methyl sites for hydroxylation is 2. The van der Waals surface area contributed by atoms with Crippen LogP contribution >= 0.6 is 0 Å². The molecular formula is C23H26N4O4. The van der Waals surface area contributed by atoms with Crippen molar-refractivity contribution in [3.63, 3.8) is 0 Å². The predicted octanol–water partition coefficient (Wildman–Crippen LogP) is 3.21. The number of ether oxygens (including phenoxy) is 2. The van der Waals surface area contributed by atoms with E-state index in [2.05, 4.69) is 14.8 Å². The highest BCUT2D eigenvalue weighted by molar-refractivity contribution is 6.00. The third kappa shape index (κ3) is 4.44. The number of hydrogen-bond donors (Lipinski definition) is 0. The van der Waals surface area contributed by atoms with Crippen molar-refractivity contribution in [1.29, 1.82) is 0 Å². The molecule has 0 bridgehead atoms. The lowest BCUT2D eigenvalue weighted by atomic mass is 10.1. The van der Waals surface area contributed by atoms with Gasteiger partial charge in [0, 0.05) is 30.1 Å². The van der Waals surface area contributed by atoms with Crippen LogP contribution in [-0.2, 0) is 16.0 Å². The summed E-state index contributed by atoms with van der Waals surface area (Å²) in [6, 6.07) is 11.1. The van der Waals surface area contributed by atoms with Gasteiger partial charge in [-0.25, -0.2) is 4.79 Å². The van der Waals surface area contributed by atoms with Crippen LogP contribution in [0.4, 0.5) is 0 Å². The second-order valence-electron chi connectivity index (χ2n) is 7.79. The molecule has 3 aromatic rings. The fraction of sp³-hybridized carbons (Fsp3) is 0.391. The molecule has 8 heteroatoms. The molecule has 0 radical (unpaired) electrons. The van der Waals surface area contributed by atoms with Crippen molar-refractivity contribution in [2.45, 2.75) is 46.3 Å². The van der Waals surface area contributed by atoms with E-state index < -0.39 is 5.97 Å². The molecule has 1 aliphatic rings. The standard InChI is InChI=1S/C23H26N4O4/c1-15-12-20(17(3)26(15)13-19-10-7-11-30-19)21(28)14-31-23(29)22-16(2)24-27(25-22)18-8-5-4-6-9-18/h4-6,8-9,12,19H,7,10-11,13-14H2,1-3H3. The normalized spacial score (nSPS) is 15.9. The topological polar surface area (TPSA) is 88.2 Å². The highest BCUT2D eigenvalue weighted by Crippen LogP contribution is 2.21. The van der Waals surface area contributed by atoms with Gasteiger partial charge in [0.15, 0.2) is 12.3 Å². The number of aromatic nitrogens is 4. The number of carbonyl (C=O) groups excluding carboxylic acids is 2. The van der Waals surface area contributed by atoms with Gasteiger partial charge in [-0.1, -0.05) is 18.2 Å². The van der Waals surface area contributed by atoms with Crippen LogP contribution < -0.4 is 0 Å². The first-order valence-corrected chi connectivity index (χ1v) is 10.4. The average Bonchev–Trinajstić information content (AvgIpc) is 3.49. The molecule has 0 aliphatic carbocycles. The number of ketones is 1. The molecule has 1 atom stereocenters. The maximum atomic E-state index is 12.8. The smallest absolute Gasteiger partial charge is 0.361 e. The molecule has 0 spiro atoms. The zero-order valence-electron chi connectivity index (χ0n) is 18.0. The number of Topliss-reactive ketones (excluding diaryl/α,β-unsaturated/α-hetero) is 1. The Labute approximate surface area is 180 Å². The fourth-order valence-corrected chi connectivity index (χ4v) is 3.88. The molecule has 1 aliphatic heterocycles. The van der Waals surface area contributed by atoms with Gasteiger partial charge in [-0.3, -0.25) is 4.79 Å². The SMILES string of the molecule is Cc1nn(-c2ccccc2)nc1C(=O)OCC(=O)c1cc(C)n(CC2CCCO2)c1C. The summed E-state index contributed by atoms with van der Waals surface area (Å²) < 4.78 is 13.1. The van der Waals surface area contributed by atoms with Crippen LogP contribution in [0.25, 0.3) is 5.69 Å². The lowest BCUT2D eigenvalue weighted by Gasteiger charge is -2.14. The minimum Gasteiger partial charge on any atom is -0.452 e. The summed E-state index contributed by atoms with van der Waals surface area (Å²) in [5, 5.41) is 8.50. The number of rotatable bonds is 7. The van der Waals surface area contributed by atoms with Crippen LogP contribution in [0.15, 0.2) is 36.4 Å². The van der Waals surface area contributed by atoms with Gasteiger partial charge in [-0.2, -0.15) is 9.90 Å². The van der Waals surface area contributed by atoms with E-state index in [1.165, 1.54) is 4.80 Å². The Hall–Kier alpha value is -3.26. The zero-order chi connectivity index (χ0) is 22.0. The lowest BCUT2D eigenvalue weighted by Crippen LogP contribution is -2.18. The van der Waals surface area contributed by atoms with Gasteiger partial charge >= 0.3 is 5.97 Å². The maximum absolute atomic E-state index is 12.8. The van der Waals surface area contributed by atoms with E-state index in [-0.39, 0.29) is 24.2 Å². The monoisotopic (exact) mass is 422 g/mol. The number of carbonyl (C=O) groups is 2. The molecule has 8 nitrogen and oxygen atoms in total. The van der Waals surface area contributed by atoms with E-state index in [1.54, 1.807) is 6.92 Å². The zero-order valence-corrected chi connectivity index (χ0v) is 18.0. The fourth-order valence-electron chi connectivity index (χ4n) is 3.88. The Bertz CT molecular complexity index is 1090. The van der Waals surface area contributed by atoms with Crippen LogP contribution in [-0.4, -0.2) is 50.6 Å². The van der Waals surface area contributed by atoms with Crippen LogP contribution in [0.2, 0.25) is 0 Å². The Morgan fingerprint density at radius 2 is 1.94 bits per heavy atom. The highest BCUT2D eigenvalue weighted by Gasteiger charge is 2.23. The second kappa shape index (κ2) is 8.85. The van der Waals surface area contributed by atoms with Crippen molar-refractivity contribution < 1.29 is 19.1 Å². The number of hydrogen-bond acceptors (Lipinski definition) is 6. The average molecular weight is 422 g/mol. The van der Waals surface area contributed by atoms with Crippen molar-refractivity contribution in [3.8, 4) is 5.69 Å². The quantitative estimate of drug-likeness (QED) is 0.429. The molecule has 1 fully saturated rings. The predicted molar refractivity (Wildman–Crippen MR) is 114 cm³/mol. The summed E-state index contributed by atoms with van der Waals surface area (Å²) >= 11 is 0. The van der Waals surface area contributed by atoms with Crippen molar-refractivity contribution >= 4 is 11.8 Å². The minimum atomic E-state index is -0.666. The van der Waals surface area contributed by atoms with E-state index in [4.69, 9.17) is 9.47 Å². The van der Waals surface area contributed by atoms with Gasteiger partial charge in [-0.05, 0) is 51.8 Å². The minimum absolute atomic E-state index is 0.0977. The molecular weight excluding hydrogens is 396 g/mol. The van der Waals surface area contributed by atoms with E-state index in [0.29, 0.717) is 11.3 Å². The van der Waals surface area contributed by atoms with E-state index in [1.807, 2.05) is 50.2 Å². The highest BCUT2D eigenvalue weighted by atomic mass is 16.5. The Balaban J connectivity index is 1.42. The van der Waals surface area contributed by atoms with E-state index >= 15 is 0 Å². The molecule has 0 saturated carbocycles. The molecule has 162 valence electrons. The summed E-state index contributed by atoms with van der Waals surface area (Å²) in [7, 11) is 0. The molecule has 0 N–H and O–H groups in total. The van der Waals surface area contributed by atoms with Crippen LogP contribution in [0.1, 0.15) is 50.8 Å². The first-order chi connectivity index (χ1) is 14.9. The van der Waals surface area contributed by atoms with Crippen LogP contribution in [0, 0.1) is 20.8 Å². The Morgan fingerprint density at radius 3 is 2.65 bits per heavy atom. The van der Waals surface area contributed by atoms with Gasteiger partial charge in [0.2, 0.25) is 5.78 Å². The third-order valence-electron chi connectivity index (χ3n) is 5.58. The van der Waals surface area contributed by atoms with E-state index in [9.17, 15) is 9.59 Å². The largest absolute Gasteiger partial charge is 0.452 e. The van der Waals surface area contributed by atoms with Crippen LogP contribution in [0.3, 0.4) is 0 Å². The molecule has 4 rings (SSSR count). The summed E-state index contributed by atoms with van der Waals surface area (Å²) in [6.45, 7) is 6.74. The first kappa shape index (κ1) is 21.0. The number of para-hydroxylation sites is 1. The molecule has 1 aromatic carbocycles. The molecule has 31 heavy (non-hydrogen) atoms. The van der Waals surface area contributed by atoms with Crippen molar-refractivity contribution in [2.75, 3.05) is 13.2 Å². The van der Waals surface area contributed by atoms with Crippen LogP contribution in [0.5, 0.6) is 0 Å². The van der Waals surface area contributed by atoms with Gasteiger partial charge in [0.1, 0.15) is 0 Å². The summed E-state index contributed by atoms with van der Waals surface area (Å²) in [6.07, 6.45) is 2.28. The number of nitrogens with zero attached hydrogens (tertiary/aromatic N) is 4. The van der Waals surface area contributed by atoms with Crippen molar-refractivity contribution in [3.05, 3.63) is 64.7 Å². The number of benzene rings is 1. The molecule has 3 heterocycles. The van der Waals surface area contributed by atoms with Crippen molar-refractivity contribution in [2.24, 2.45) is 0 Å². The Kier molecular flexibility index (Phi) is 5.99. The van der Waals surface area contributed by atoms with Gasteiger partial charge < -0.3 is 14.0 Å². The van der Waals surface area contributed by atoms with Gasteiger partial charge in [-0.15, -0.1) is 5.10 Å². The summed E-state index contributed by atoms with van der Waals surface area (Å²) in [5.41, 5.74) is 3.69. The van der Waals surface area contributed by atoms with Gasteiger partial charge in [0.05, 0.1) is 17.5 Å². The van der Waals surface area contributed by atoms with Gasteiger partial charge in [0.25, 0.3) is 0 Å². The summed E-state index contributed by atoms with van der Waals surface area (Å²) in [5.74, 6) is -0.908. The molecule has 2 aromatic heterocycles. The second-order valence-corrected chi connectivity index (χ2v) is 7.79. The van der Waals surface area contributed by atoms with Crippen molar-refractivity contribution in [1.82, 2.24) is 19.6 Å². The molecule has 1 unspecified atom stereocenters.